The van der Waals surface area contributed by atoms with E-state index in [1.807, 2.05) is 0 Å². The predicted molar refractivity (Wildman–Crippen MR) is 79.5 cm³/mol. The van der Waals surface area contributed by atoms with E-state index in [2.05, 4.69) is 10.6 Å². The molecule has 0 aliphatic heterocycles. The molecule has 2 N–H and O–H groups in total. The van der Waals surface area contributed by atoms with Gasteiger partial charge in [0, 0.05) is 10.7 Å². The number of hydrogen-bond acceptors (Lipinski definition) is 2. The first kappa shape index (κ1) is 16.2. The lowest BCUT2D eigenvalue weighted by molar-refractivity contribution is -0.116. The van der Waals surface area contributed by atoms with Crippen LogP contribution in [0.15, 0.2) is 36.4 Å². The molecule has 0 fully saturated rings. The molecule has 0 unspecified atom stereocenters. The summed E-state index contributed by atoms with van der Waals surface area (Å²) in [5, 5.41) is 5.62. The average Bonchev–Trinajstić information content (AvgIpc) is 2.50. The highest BCUT2D eigenvalue weighted by Crippen LogP contribution is 2.20. The topological polar surface area (TPSA) is 41.1 Å². The van der Waals surface area contributed by atoms with Crippen molar-refractivity contribution in [2.45, 2.75) is 13.0 Å². The van der Waals surface area contributed by atoms with Crippen LogP contribution >= 0.6 is 11.6 Å². The monoisotopic (exact) mass is 328 g/mol. The second kappa shape index (κ2) is 6.70. The Morgan fingerprint density at radius 3 is 2.32 bits per heavy atom. The number of anilines is 2. The molecule has 116 valence electrons. The van der Waals surface area contributed by atoms with Crippen LogP contribution < -0.4 is 10.6 Å². The number of amides is 1. The van der Waals surface area contributed by atoms with Crippen molar-refractivity contribution in [3.05, 3.63) is 58.9 Å². The lowest BCUT2D eigenvalue weighted by Crippen LogP contribution is -2.32. The highest BCUT2D eigenvalue weighted by atomic mass is 35.5. The molecule has 0 saturated heterocycles. The largest absolute Gasteiger partial charge is 0.374 e. The Morgan fingerprint density at radius 2 is 1.68 bits per heavy atom. The number of hydrogen-bond donors (Lipinski definition) is 2. The Bertz CT molecular complexity index is 692. The van der Waals surface area contributed by atoms with Crippen molar-refractivity contribution in [1.82, 2.24) is 0 Å². The summed E-state index contributed by atoms with van der Waals surface area (Å²) in [6.45, 7) is 1.54. The minimum atomic E-state index is -1.63. The van der Waals surface area contributed by atoms with Crippen molar-refractivity contribution in [1.29, 1.82) is 0 Å². The van der Waals surface area contributed by atoms with Crippen LogP contribution in [0.4, 0.5) is 24.5 Å². The second-order valence-corrected chi connectivity index (χ2v) is 5.02. The third-order valence-electron chi connectivity index (χ3n) is 2.91. The molecular formula is C15H12ClF3N2O. The fraction of sp³-hybridized carbons (Fsp3) is 0.133. The number of nitrogens with one attached hydrogen (secondary N) is 2. The van der Waals surface area contributed by atoms with E-state index in [9.17, 15) is 18.0 Å². The van der Waals surface area contributed by atoms with E-state index in [1.165, 1.54) is 0 Å². The van der Waals surface area contributed by atoms with E-state index in [0.29, 0.717) is 10.7 Å². The molecule has 7 heteroatoms. The van der Waals surface area contributed by atoms with Crippen molar-refractivity contribution in [3.8, 4) is 0 Å². The third-order valence-corrected chi connectivity index (χ3v) is 3.17. The highest BCUT2D eigenvalue weighted by molar-refractivity contribution is 6.30. The summed E-state index contributed by atoms with van der Waals surface area (Å²) in [6.07, 6.45) is 0. The van der Waals surface area contributed by atoms with Crippen LogP contribution in [0.5, 0.6) is 0 Å². The SMILES string of the molecule is C[C@@H](Nc1ccc(Cl)cc1)C(=O)Nc1ccc(F)c(F)c1F. The molecule has 0 aromatic heterocycles. The molecule has 0 aliphatic carbocycles. The van der Waals surface area contributed by atoms with Gasteiger partial charge in [-0.15, -0.1) is 0 Å². The normalized spacial score (nSPS) is 11.9. The van der Waals surface area contributed by atoms with Gasteiger partial charge in [0.2, 0.25) is 5.91 Å². The fourth-order valence-electron chi connectivity index (χ4n) is 1.73. The van der Waals surface area contributed by atoms with E-state index >= 15 is 0 Å². The number of carbonyl (C=O) groups is 1. The van der Waals surface area contributed by atoms with Gasteiger partial charge in [-0.3, -0.25) is 4.79 Å². The summed E-state index contributed by atoms with van der Waals surface area (Å²) >= 11 is 5.75. The van der Waals surface area contributed by atoms with Crippen molar-refractivity contribution in [2.24, 2.45) is 0 Å². The van der Waals surface area contributed by atoms with Crippen LogP contribution in [0.25, 0.3) is 0 Å². The number of benzene rings is 2. The molecular weight excluding hydrogens is 317 g/mol. The Hall–Kier alpha value is -2.21. The fourth-order valence-corrected chi connectivity index (χ4v) is 1.85. The van der Waals surface area contributed by atoms with Gasteiger partial charge in [0.1, 0.15) is 6.04 Å². The quantitative estimate of drug-likeness (QED) is 0.826. The zero-order valence-electron chi connectivity index (χ0n) is 11.5. The second-order valence-electron chi connectivity index (χ2n) is 4.59. The van der Waals surface area contributed by atoms with Crippen LogP contribution in [-0.4, -0.2) is 11.9 Å². The molecule has 2 aromatic carbocycles. The maximum absolute atomic E-state index is 13.5. The van der Waals surface area contributed by atoms with Gasteiger partial charge in [-0.05, 0) is 43.3 Å². The van der Waals surface area contributed by atoms with Crippen molar-refractivity contribution in [2.75, 3.05) is 10.6 Å². The zero-order valence-corrected chi connectivity index (χ0v) is 12.2. The third kappa shape index (κ3) is 3.71. The molecule has 1 amide bonds. The summed E-state index contributed by atoms with van der Waals surface area (Å²) < 4.78 is 39.4. The molecule has 22 heavy (non-hydrogen) atoms. The molecule has 1 atom stereocenters. The standard InChI is InChI=1S/C15H12ClF3N2O/c1-8(20-10-4-2-9(16)3-5-10)15(22)21-12-7-6-11(17)13(18)14(12)19/h2-8,20H,1H3,(H,21,22)/t8-/m1/s1. The minimum absolute atomic E-state index is 0.423. The molecule has 0 aliphatic rings. The molecule has 3 nitrogen and oxygen atoms in total. The molecule has 0 spiro atoms. The Morgan fingerprint density at radius 1 is 1.05 bits per heavy atom. The number of rotatable bonds is 4. The number of halogens is 4. The Labute approximate surface area is 130 Å². The maximum atomic E-state index is 13.5. The lowest BCUT2D eigenvalue weighted by Gasteiger charge is -2.15. The first-order chi connectivity index (χ1) is 10.4. The van der Waals surface area contributed by atoms with E-state index in [0.717, 1.165) is 12.1 Å². The van der Waals surface area contributed by atoms with Crippen LogP contribution in [0, 0.1) is 17.5 Å². The van der Waals surface area contributed by atoms with Gasteiger partial charge in [-0.1, -0.05) is 11.6 Å². The zero-order chi connectivity index (χ0) is 16.3. The molecule has 2 aromatic rings. The molecule has 0 radical (unpaired) electrons. The summed E-state index contributed by atoms with van der Waals surface area (Å²) in [7, 11) is 0. The van der Waals surface area contributed by atoms with Crippen molar-refractivity contribution in [3.63, 3.8) is 0 Å². The van der Waals surface area contributed by atoms with Gasteiger partial charge in [0.15, 0.2) is 17.5 Å². The van der Waals surface area contributed by atoms with Gasteiger partial charge in [-0.2, -0.15) is 0 Å². The average molecular weight is 329 g/mol. The van der Waals surface area contributed by atoms with Gasteiger partial charge < -0.3 is 10.6 Å². The summed E-state index contributed by atoms with van der Waals surface area (Å²) in [5.74, 6) is -4.98. The number of carbonyl (C=O) groups excluding carboxylic acids is 1. The highest BCUT2D eigenvalue weighted by Gasteiger charge is 2.18. The van der Waals surface area contributed by atoms with Crippen LogP contribution in [-0.2, 0) is 4.79 Å². The maximum Gasteiger partial charge on any atom is 0.246 e. The Kier molecular flexibility index (Phi) is 4.92. The van der Waals surface area contributed by atoms with Crippen LogP contribution in [0.1, 0.15) is 6.92 Å². The smallest absolute Gasteiger partial charge is 0.246 e. The Balaban J connectivity index is 2.05. The lowest BCUT2D eigenvalue weighted by atomic mass is 10.2. The molecule has 2 rings (SSSR count). The van der Waals surface area contributed by atoms with Gasteiger partial charge in [0.05, 0.1) is 5.69 Å². The van der Waals surface area contributed by atoms with Gasteiger partial charge in [-0.25, -0.2) is 13.2 Å². The van der Waals surface area contributed by atoms with E-state index in [1.54, 1.807) is 31.2 Å². The summed E-state index contributed by atoms with van der Waals surface area (Å²) in [6, 6.07) is 7.60. The summed E-state index contributed by atoms with van der Waals surface area (Å²) in [4.78, 5) is 11.9. The van der Waals surface area contributed by atoms with Crippen molar-refractivity contribution >= 4 is 28.9 Å². The van der Waals surface area contributed by atoms with E-state index in [-0.39, 0.29) is 0 Å². The van der Waals surface area contributed by atoms with E-state index in [4.69, 9.17) is 11.6 Å². The predicted octanol–water partition coefficient (Wildman–Crippen LogP) is 4.20. The van der Waals surface area contributed by atoms with Gasteiger partial charge >= 0.3 is 0 Å². The molecule has 0 bridgehead atoms. The summed E-state index contributed by atoms with van der Waals surface area (Å²) in [5.41, 5.74) is 0.214. The van der Waals surface area contributed by atoms with Crippen LogP contribution in [0.2, 0.25) is 5.02 Å². The first-order valence-electron chi connectivity index (χ1n) is 6.35. The van der Waals surface area contributed by atoms with Crippen molar-refractivity contribution < 1.29 is 18.0 Å². The van der Waals surface area contributed by atoms with Gasteiger partial charge in [0.25, 0.3) is 0 Å². The minimum Gasteiger partial charge on any atom is -0.374 e. The molecule has 0 saturated carbocycles. The van der Waals surface area contributed by atoms with E-state index < -0.39 is 35.1 Å². The van der Waals surface area contributed by atoms with Crippen LogP contribution in [0.3, 0.4) is 0 Å². The molecule has 0 heterocycles. The first-order valence-corrected chi connectivity index (χ1v) is 6.72.